The van der Waals surface area contributed by atoms with Crippen LogP contribution in [0.3, 0.4) is 0 Å². The topological polar surface area (TPSA) is 49.9 Å². The Labute approximate surface area is 178 Å². The number of carbonyl (C=O) groups excluding carboxylic acids is 2. The highest BCUT2D eigenvalue weighted by Gasteiger charge is 2.26. The van der Waals surface area contributed by atoms with Crippen LogP contribution in [0.15, 0.2) is 53.2 Å². The maximum Gasteiger partial charge on any atom is 0.264 e. The lowest BCUT2D eigenvalue weighted by Gasteiger charge is -2.34. The van der Waals surface area contributed by atoms with Crippen LogP contribution in [-0.4, -0.2) is 47.8 Å². The number of nitrogens with zero attached hydrogens (tertiary/aromatic N) is 2. The fourth-order valence-corrected chi connectivity index (χ4v) is 4.74. The highest BCUT2D eigenvalue weighted by molar-refractivity contribution is 7.12. The first kappa shape index (κ1) is 19.7. The lowest BCUT2D eigenvalue weighted by Crippen LogP contribution is -2.50. The summed E-state index contributed by atoms with van der Waals surface area (Å²) in [5.74, 6) is 0.903. The summed E-state index contributed by atoms with van der Waals surface area (Å²) in [6.45, 7) is 4.73. The highest BCUT2D eigenvalue weighted by Crippen LogP contribution is 2.21. The molecule has 0 bridgehead atoms. The summed E-state index contributed by atoms with van der Waals surface area (Å²) in [5, 5.41) is 3.88. The standard InChI is InChI=1S/C22H22N2O3S2/c1-16-4-6-18(7-5-16)27-14-17-13-20(29-15-17)22(26)24-10-8-23(9-11-24)21(25)19-3-2-12-28-19/h2-7,12-13,15H,8-11,14H2,1H3. The quantitative estimate of drug-likeness (QED) is 0.611. The number of ether oxygens (including phenoxy) is 1. The van der Waals surface area contributed by atoms with Crippen molar-refractivity contribution in [3.63, 3.8) is 0 Å². The van der Waals surface area contributed by atoms with Gasteiger partial charge in [-0.2, -0.15) is 0 Å². The van der Waals surface area contributed by atoms with Crippen LogP contribution in [0.2, 0.25) is 0 Å². The summed E-state index contributed by atoms with van der Waals surface area (Å²) in [6, 6.07) is 13.6. The van der Waals surface area contributed by atoms with E-state index < -0.39 is 0 Å². The van der Waals surface area contributed by atoms with E-state index in [1.54, 1.807) is 0 Å². The van der Waals surface area contributed by atoms with Gasteiger partial charge in [0.15, 0.2) is 0 Å². The summed E-state index contributed by atoms with van der Waals surface area (Å²) in [5.41, 5.74) is 2.18. The molecule has 1 saturated heterocycles. The molecule has 0 N–H and O–H groups in total. The van der Waals surface area contributed by atoms with Crippen LogP contribution in [0.5, 0.6) is 5.75 Å². The second-order valence-electron chi connectivity index (χ2n) is 6.98. The number of amides is 2. The SMILES string of the molecule is Cc1ccc(OCc2csc(C(=O)N3CCN(C(=O)c4cccs4)CC3)c2)cc1. The summed E-state index contributed by atoms with van der Waals surface area (Å²) >= 11 is 2.90. The molecule has 7 heteroatoms. The predicted molar refractivity (Wildman–Crippen MR) is 116 cm³/mol. The van der Waals surface area contributed by atoms with Crippen molar-refractivity contribution in [1.82, 2.24) is 9.80 Å². The zero-order valence-corrected chi connectivity index (χ0v) is 17.8. The smallest absolute Gasteiger partial charge is 0.264 e. The second-order valence-corrected chi connectivity index (χ2v) is 8.84. The molecule has 29 heavy (non-hydrogen) atoms. The molecule has 1 fully saturated rings. The predicted octanol–water partition coefficient (Wildman–Crippen LogP) is 4.30. The van der Waals surface area contributed by atoms with E-state index in [2.05, 4.69) is 0 Å². The fourth-order valence-electron chi connectivity index (χ4n) is 3.19. The van der Waals surface area contributed by atoms with Crippen LogP contribution in [0, 0.1) is 6.92 Å². The van der Waals surface area contributed by atoms with Crippen LogP contribution < -0.4 is 4.74 Å². The van der Waals surface area contributed by atoms with Crippen molar-refractivity contribution in [3.05, 3.63) is 74.1 Å². The van der Waals surface area contributed by atoms with Crippen LogP contribution >= 0.6 is 22.7 Å². The van der Waals surface area contributed by atoms with Gasteiger partial charge in [-0.25, -0.2) is 0 Å². The Morgan fingerprint density at radius 3 is 2.21 bits per heavy atom. The average Bonchev–Trinajstić information content (AvgIpc) is 3.45. The third kappa shape index (κ3) is 4.68. The molecule has 4 rings (SSSR count). The minimum absolute atomic E-state index is 0.0276. The average molecular weight is 427 g/mol. The maximum absolute atomic E-state index is 12.8. The van der Waals surface area contributed by atoms with E-state index in [1.807, 2.05) is 69.9 Å². The van der Waals surface area contributed by atoms with E-state index in [0.717, 1.165) is 16.2 Å². The molecule has 0 aliphatic carbocycles. The van der Waals surface area contributed by atoms with E-state index in [-0.39, 0.29) is 11.8 Å². The Morgan fingerprint density at radius 1 is 0.931 bits per heavy atom. The van der Waals surface area contributed by atoms with Crippen molar-refractivity contribution in [1.29, 1.82) is 0 Å². The van der Waals surface area contributed by atoms with Gasteiger partial charge >= 0.3 is 0 Å². The Bertz CT molecular complexity index is 972. The number of piperazine rings is 1. The normalized spacial score (nSPS) is 14.1. The van der Waals surface area contributed by atoms with E-state index in [9.17, 15) is 9.59 Å². The maximum atomic E-state index is 12.8. The lowest BCUT2D eigenvalue weighted by molar-refractivity contribution is 0.0540. The van der Waals surface area contributed by atoms with Crippen LogP contribution in [0.4, 0.5) is 0 Å². The first-order valence-corrected chi connectivity index (χ1v) is 11.2. The van der Waals surface area contributed by atoms with Crippen molar-refractivity contribution in [3.8, 4) is 5.75 Å². The molecule has 0 atom stereocenters. The van der Waals surface area contributed by atoms with Gasteiger partial charge in [-0.05, 0) is 41.9 Å². The van der Waals surface area contributed by atoms with Gasteiger partial charge in [0.2, 0.25) is 0 Å². The van der Waals surface area contributed by atoms with Crippen LogP contribution in [-0.2, 0) is 6.61 Å². The fraction of sp³-hybridized carbons (Fsp3) is 0.273. The molecular formula is C22H22N2O3S2. The van der Waals surface area contributed by atoms with Gasteiger partial charge in [0.25, 0.3) is 11.8 Å². The summed E-state index contributed by atoms with van der Waals surface area (Å²) < 4.78 is 5.80. The van der Waals surface area contributed by atoms with Gasteiger partial charge in [-0.3, -0.25) is 9.59 Å². The first-order chi connectivity index (χ1) is 14.1. The molecule has 1 aliphatic rings. The van der Waals surface area contributed by atoms with E-state index in [0.29, 0.717) is 37.7 Å². The number of hydrogen-bond acceptors (Lipinski definition) is 5. The van der Waals surface area contributed by atoms with Gasteiger partial charge in [-0.15, -0.1) is 22.7 Å². The summed E-state index contributed by atoms with van der Waals surface area (Å²) in [7, 11) is 0. The van der Waals surface area contributed by atoms with Gasteiger partial charge in [0.1, 0.15) is 12.4 Å². The highest BCUT2D eigenvalue weighted by atomic mass is 32.1. The van der Waals surface area contributed by atoms with Crippen LogP contribution in [0.1, 0.15) is 30.5 Å². The second kappa shape index (κ2) is 8.80. The van der Waals surface area contributed by atoms with Crippen molar-refractivity contribution >= 4 is 34.5 Å². The largest absolute Gasteiger partial charge is 0.489 e. The molecule has 3 heterocycles. The third-order valence-corrected chi connectivity index (χ3v) is 6.70. The molecule has 0 unspecified atom stereocenters. The molecule has 5 nitrogen and oxygen atoms in total. The number of thiophene rings is 2. The van der Waals surface area contributed by atoms with Gasteiger partial charge in [0, 0.05) is 31.7 Å². The first-order valence-electron chi connectivity index (χ1n) is 9.49. The Morgan fingerprint density at radius 2 is 1.59 bits per heavy atom. The molecule has 1 aliphatic heterocycles. The van der Waals surface area contributed by atoms with E-state index in [1.165, 1.54) is 28.2 Å². The molecule has 2 aromatic heterocycles. The Hall–Kier alpha value is -2.64. The molecule has 2 amide bonds. The zero-order chi connectivity index (χ0) is 20.2. The number of benzene rings is 1. The molecule has 3 aromatic rings. The molecule has 0 saturated carbocycles. The van der Waals surface area contributed by atoms with Gasteiger partial charge in [0.05, 0.1) is 9.75 Å². The Balaban J connectivity index is 1.30. The minimum atomic E-state index is 0.0276. The van der Waals surface area contributed by atoms with Crippen molar-refractivity contribution in [2.45, 2.75) is 13.5 Å². The van der Waals surface area contributed by atoms with Crippen LogP contribution in [0.25, 0.3) is 0 Å². The summed E-state index contributed by atoms with van der Waals surface area (Å²) in [4.78, 5) is 30.4. The summed E-state index contributed by atoms with van der Waals surface area (Å²) in [6.07, 6.45) is 0. The molecule has 1 aromatic carbocycles. The Kier molecular flexibility index (Phi) is 5.97. The number of hydrogen-bond donors (Lipinski definition) is 0. The van der Waals surface area contributed by atoms with Crippen molar-refractivity contribution in [2.24, 2.45) is 0 Å². The molecule has 0 radical (unpaired) electrons. The number of aryl methyl sites for hydroxylation is 1. The zero-order valence-electron chi connectivity index (χ0n) is 16.2. The minimum Gasteiger partial charge on any atom is -0.489 e. The van der Waals surface area contributed by atoms with Crippen molar-refractivity contribution in [2.75, 3.05) is 26.2 Å². The molecular weight excluding hydrogens is 404 g/mol. The third-order valence-electron chi connectivity index (χ3n) is 4.88. The van der Waals surface area contributed by atoms with Gasteiger partial charge < -0.3 is 14.5 Å². The number of carbonyl (C=O) groups is 2. The van der Waals surface area contributed by atoms with Gasteiger partial charge in [-0.1, -0.05) is 23.8 Å². The van der Waals surface area contributed by atoms with E-state index in [4.69, 9.17) is 4.74 Å². The monoisotopic (exact) mass is 426 g/mol. The van der Waals surface area contributed by atoms with Crippen molar-refractivity contribution < 1.29 is 14.3 Å². The molecule has 0 spiro atoms. The molecule has 150 valence electrons. The lowest BCUT2D eigenvalue weighted by atomic mass is 10.2. The van der Waals surface area contributed by atoms with E-state index >= 15 is 0 Å². The number of rotatable bonds is 5.